The van der Waals surface area contributed by atoms with Crippen molar-refractivity contribution in [2.24, 2.45) is 5.92 Å². The van der Waals surface area contributed by atoms with Crippen molar-refractivity contribution in [2.45, 2.75) is 32.6 Å². The maximum Gasteiger partial charge on any atom is 0.306 e. The van der Waals surface area contributed by atoms with Crippen molar-refractivity contribution in [1.82, 2.24) is 0 Å². The molecule has 5 heteroatoms. The molecule has 0 aliphatic rings. The highest BCUT2D eigenvalue weighted by Crippen LogP contribution is 2.15. The van der Waals surface area contributed by atoms with Crippen LogP contribution in [-0.4, -0.2) is 24.1 Å². The van der Waals surface area contributed by atoms with Gasteiger partial charge in [0.1, 0.15) is 5.75 Å². The zero-order valence-corrected chi connectivity index (χ0v) is 15.2. The van der Waals surface area contributed by atoms with E-state index in [9.17, 15) is 9.59 Å². The first-order valence-corrected chi connectivity index (χ1v) is 8.72. The van der Waals surface area contributed by atoms with Crippen LogP contribution in [0.25, 0.3) is 0 Å². The summed E-state index contributed by atoms with van der Waals surface area (Å²) in [5.41, 5.74) is 2.85. The van der Waals surface area contributed by atoms with Crippen molar-refractivity contribution in [2.75, 3.05) is 12.4 Å². The molecule has 26 heavy (non-hydrogen) atoms. The minimum Gasteiger partial charge on any atom is -0.497 e. The highest BCUT2D eigenvalue weighted by Gasteiger charge is 2.11. The Kier molecular flexibility index (Phi) is 7.21. The maximum atomic E-state index is 12.0. The van der Waals surface area contributed by atoms with E-state index in [-0.39, 0.29) is 5.91 Å². The first kappa shape index (κ1) is 19.5. The van der Waals surface area contributed by atoms with Crippen LogP contribution in [0.3, 0.4) is 0 Å². The molecule has 0 fully saturated rings. The van der Waals surface area contributed by atoms with Gasteiger partial charge in [-0.2, -0.15) is 0 Å². The van der Waals surface area contributed by atoms with Crippen LogP contribution in [0, 0.1) is 5.92 Å². The molecule has 0 bridgehead atoms. The van der Waals surface area contributed by atoms with Crippen molar-refractivity contribution in [3.05, 3.63) is 59.7 Å². The van der Waals surface area contributed by atoms with Gasteiger partial charge in [0.2, 0.25) is 5.91 Å². The molecule has 0 heterocycles. The van der Waals surface area contributed by atoms with Crippen molar-refractivity contribution in [3.63, 3.8) is 0 Å². The number of nitrogens with one attached hydrogen (secondary N) is 1. The fraction of sp³-hybridized carbons (Fsp3) is 0.333. The van der Waals surface area contributed by atoms with E-state index in [1.54, 1.807) is 14.0 Å². The third-order valence-corrected chi connectivity index (χ3v) is 4.23. The zero-order chi connectivity index (χ0) is 18.9. The van der Waals surface area contributed by atoms with Gasteiger partial charge in [0.05, 0.1) is 13.0 Å². The molecule has 2 aromatic carbocycles. The first-order valence-electron chi connectivity index (χ1n) is 8.72. The molecule has 1 atom stereocenters. The summed E-state index contributed by atoms with van der Waals surface area (Å²) in [6.45, 7) is 1.68. The van der Waals surface area contributed by atoms with E-state index >= 15 is 0 Å². The minimum atomic E-state index is -0.806. The molecule has 2 rings (SSSR count). The summed E-state index contributed by atoms with van der Waals surface area (Å²) >= 11 is 0. The summed E-state index contributed by atoms with van der Waals surface area (Å²) in [6, 6.07) is 15.2. The van der Waals surface area contributed by atoms with E-state index in [4.69, 9.17) is 9.84 Å². The Morgan fingerprint density at radius 2 is 1.65 bits per heavy atom. The first-order chi connectivity index (χ1) is 12.5. The second-order valence-electron chi connectivity index (χ2n) is 6.39. The second kappa shape index (κ2) is 9.61. The van der Waals surface area contributed by atoms with Crippen LogP contribution in [0.4, 0.5) is 5.69 Å². The smallest absolute Gasteiger partial charge is 0.306 e. The monoisotopic (exact) mass is 355 g/mol. The van der Waals surface area contributed by atoms with Gasteiger partial charge in [0.15, 0.2) is 0 Å². The van der Waals surface area contributed by atoms with Crippen LogP contribution in [0.1, 0.15) is 30.9 Å². The van der Waals surface area contributed by atoms with Gasteiger partial charge in [0, 0.05) is 12.1 Å². The number of amides is 1. The zero-order valence-electron chi connectivity index (χ0n) is 15.2. The van der Waals surface area contributed by atoms with E-state index in [0.717, 1.165) is 29.8 Å². The van der Waals surface area contributed by atoms with E-state index in [2.05, 4.69) is 5.32 Å². The number of hydrogen-bond acceptors (Lipinski definition) is 3. The number of rotatable bonds is 9. The van der Waals surface area contributed by atoms with Crippen LogP contribution < -0.4 is 10.1 Å². The minimum absolute atomic E-state index is 0.0230. The predicted octanol–water partition coefficient (Wildman–Crippen LogP) is 3.92. The highest BCUT2D eigenvalue weighted by atomic mass is 16.5. The maximum absolute atomic E-state index is 12.0. The summed E-state index contributed by atoms with van der Waals surface area (Å²) in [5.74, 6) is -0.425. The summed E-state index contributed by atoms with van der Waals surface area (Å²) in [4.78, 5) is 22.9. The highest BCUT2D eigenvalue weighted by molar-refractivity contribution is 5.90. The fourth-order valence-corrected chi connectivity index (χ4v) is 2.63. The quantitative estimate of drug-likeness (QED) is 0.715. The lowest BCUT2D eigenvalue weighted by Gasteiger charge is -2.09. The molecule has 2 N–H and O–H groups in total. The number of benzene rings is 2. The number of carbonyl (C=O) groups is 2. The molecular weight excluding hydrogens is 330 g/mol. The number of carboxylic acids is 1. The lowest BCUT2D eigenvalue weighted by atomic mass is 10.0. The second-order valence-corrected chi connectivity index (χ2v) is 6.39. The summed E-state index contributed by atoms with van der Waals surface area (Å²) in [7, 11) is 1.64. The molecule has 0 radical (unpaired) electrons. The van der Waals surface area contributed by atoms with Gasteiger partial charge in [-0.25, -0.2) is 0 Å². The summed E-state index contributed by atoms with van der Waals surface area (Å²) in [6.07, 6.45) is 2.53. The standard InChI is InChI=1S/C21H25NO4/c1-15(21(24)25)14-17-6-10-18(11-7-17)22-20(23)5-3-4-16-8-12-19(26-2)13-9-16/h6-13,15H,3-5,14H2,1-2H3,(H,22,23)(H,24,25). The predicted molar refractivity (Wildman–Crippen MR) is 102 cm³/mol. The van der Waals surface area contributed by atoms with Crippen LogP contribution in [0.5, 0.6) is 5.75 Å². The lowest BCUT2D eigenvalue weighted by molar-refractivity contribution is -0.141. The van der Waals surface area contributed by atoms with Crippen LogP contribution in [0.15, 0.2) is 48.5 Å². The number of hydrogen-bond donors (Lipinski definition) is 2. The molecule has 0 aliphatic carbocycles. The molecule has 0 saturated heterocycles. The van der Waals surface area contributed by atoms with Crippen molar-refractivity contribution < 1.29 is 19.4 Å². The number of anilines is 1. The average molecular weight is 355 g/mol. The van der Waals surface area contributed by atoms with Gasteiger partial charge in [-0.15, -0.1) is 0 Å². The Morgan fingerprint density at radius 3 is 2.23 bits per heavy atom. The number of aryl methyl sites for hydroxylation is 1. The molecule has 0 aromatic heterocycles. The van der Waals surface area contributed by atoms with Crippen molar-refractivity contribution in [1.29, 1.82) is 0 Å². The molecule has 1 unspecified atom stereocenters. The molecule has 5 nitrogen and oxygen atoms in total. The number of methoxy groups -OCH3 is 1. The molecule has 2 aromatic rings. The third kappa shape index (κ3) is 6.24. The van der Waals surface area contributed by atoms with Gasteiger partial charge in [-0.3, -0.25) is 9.59 Å². The Bertz CT molecular complexity index is 723. The Balaban J connectivity index is 1.75. The van der Waals surface area contributed by atoms with Gasteiger partial charge < -0.3 is 15.2 Å². The molecule has 138 valence electrons. The van der Waals surface area contributed by atoms with Gasteiger partial charge in [0.25, 0.3) is 0 Å². The van der Waals surface area contributed by atoms with Crippen LogP contribution >= 0.6 is 0 Å². The number of ether oxygens (including phenoxy) is 1. The van der Waals surface area contributed by atoms with Crippen LogP contribution in [-0.2, 0) is 22.4 Å². The molecule has 1 amide bonds. The van der Waals surface area contributed by atoms with E-state index in [0.29, 0.717) is 12.8 Å². The Hall–Kier alpha value is -2.82. The van der Waals surface area contributed by atoms with E-state index < -0.39 is 11.9 Å². The van der Waals surface area contributed by atoms with Crippen molar-refractivity contribution in [3.8, 4) is 5.75 Å². The molecular formula is C21H25NO4. The molecule has 0 aliphatic heterocycles. The van der Waals surface area contributed by atoms with Gasteiger partial charge >= 0.3 is 5.97 Å². The molecule has 0 saturated carbocycles. The number of aliphatic carboxylic acids is 1. The fourth-order valence-electron chi connectivity index (χ4n) is 2.63. The summed E-state index contributed by atoms with van der Waals surface area (Å²) in [5, 5.41) is 11.8. The lowest BCUT2D eigenvalue weighted by Crippen LogP contribution is -2.13. The Labute approximate surface area is 154 Å². The average Bonchev–Trinajstić information content (AvgIpc) is 2.63. The van der Waals surface area contributed by atoms with Gasteiger partial charge in [-0.1, -0.05) is 31.2 Å². The number of carboxylic acid groups (broad SMARTS) is 1. The largest absolute Gasteiger partial charge is 0.497 e. The van der Waals surface area contributed by atoms with Crippen LogP contribution in [0.2, 0.25) is 0 Å². The topological polar surface area (TPSA) is 75.6 Å². The Morgan fingerprint density at radius 1 is 1.04 bits per heavy atom. The molecule has 0 spiro atoms. The number of carbonyl (C=O) groups excluding carboxylic acids is 1. The van der Waals surface area contributed by atoms with Gasteiger partial charge in [-0.05, 0) is 54.7 Å². The SMILES string of the molecule is COc1ccc(CCCC(=O)Nc2ccc(CC(C)C(=O)O)cc2)cc1. The normalized spacial score (nSPS) is 11.6. The van der Waals surface area contributed by atoms with E-state index in [1.807, 2.05) is 48.5 Å². The summed E-state index contributed by atoms with van der Waals surface area (Å²) < 4.78 is 5.13. The third-order valence-electron chi connectivity index (χ3n) is 4.23. The van der Waals surface area contributed by atoms with Crippen molar-refractivity contribution >= 4 is 17.6 Å². The van der Waals surface area contributed by atoms with E-state index in [1.165, 1.54) is 5.56 Å².